The third-order valence-electron chi connectivity index (χ3n) is 4.89. The van der Waals surface area contributed by atoms with Crippen LogP contribution in [0.3, 0.4) is 0 Å². The van der Waals surface area contributed by atoms with Crippen LogP contribution in [0.2, 0.25) is 0 Å². The van der Waals surface area contributed by atoms with Gasteiger partial charge in [0.1, 0.15) is 17.1 Å². The number of allylic oxidation sites excluding steroid dienone is 1. The molecule has 0 spiro atoms. The highest BCUT2D eigenvalue weighted by atomic mass is 16.5. The molecule has 0 amide bonds. The molecular weight excluding hydrogens is 392 g/mol. The van der Waals surface area contributed by atoms with Gasteiger partial charge in [0.15, 0.2) is 5.78 Å². The van der Waals surface area contributed by atoms with Gasteiger partial charge in [-0.15, -0.1) is 0 Å². The van der Waals surface area contributed by atoms with Crippen LogP contribution in [0, 0.1) is 0 Å². The molecule has 5 heteroatoms. The van der Waals surface area contributed by atoms with Gasteiger partial charge in [-0.2, -0.15) is 0 Å². The lowest BCUT2D eigenvalue weighted by molar-refractivity contribution is 0.0372. The van der Waals surface area contributed by atoms with Gasteiger partial charge in [-0.05, 0) is 60.6 Å². The molecule has 166 valence electrons. The lowest BCUT2D eigenvalue weighted by atomic mass is 9.80. The van der Waals surface area contributed by atoms with E-state index in [0.29, 0.717) is 16.7 Å². The van der Waals surface area contributed by atoms with E-state index in [1.165, 1.54) is 12.1 Å². The standard InChI is InChI=1S/C26H32O5/c1-15(2)22-17(12-13-21(28)18-10-8-9-11-20(18)27)14-19(26(5,6)7)24(29)23(22)25(30)31-16(3)4/h8-16,27,29H,1-7H3. The van der Waals surface area contributed by atoms with Gasteiger partial charge in [-0.3, -0.25) is 4.79 Å². The first-order chi connectivity index (χ1) is 14.3. The molecule has 0 bridgehead atoms. The van der Waals surface area contributed by atoms with Crippen LogP contribution in [0.5, 0.6) is 11.5 Å². The zero-order chi connectivity index (χ0) is 23.5. The molecule has 0 radical (unpaired) electrons. The zero-order valence-electron chi connectivity index (χ0n) is 19.3. The summed E-state index contributed by atoms with van der Waals surface area (Å²) >= 11 is 0. The number of phenols is 2. The number of ketones is 1. The maximum absolute atomic E-state index is 12.9. The summed E-state index contributed by atoms with van der Waals surface area (Å²) in [5.74, 6) is -1.25. The lowest BCUT2D eigenvalue weighted by Crippen LogP contribution is -2.19. The topological polar surface area (TPSA) is 83.8 Å². The minimum atomic E-state index is -0.594. The molecule has 0 heterocycles. The van der Waals surface area contributed by atoms with Crippen molar-refractivity contribution in [3.8, 4) is 11.5 Å². The summed E-state index contributed by atoms with van der Waals surface area (Å²) < 4.78 is 5.42. The predicted molar refractivity (Wildman–Crippen MR) is 123 cm³/mol. The van der Waals surface area contributed by atoms with Crippen LogP contribution < -0.4 is 0 Å². The van der Waals surface area contributed by atoms with Crippen molar-refractivity contribution in [2.75, 3.05) is 0 Å². The van der Waals surface area contributed by atoms with E-state index in [9.17, 15) is 19.8 Å². The molecular formula is C26H32O5. The fraction of sp³-hybridized carbons (Fsp3) is 0.385. The Morgan fingerprint density at radius 1 is 1.03 bits per heavy atom. The van der Waals surface area contributed by atoms with Crippen molar-refractivity contribution in [1.82, 2.24) is 0 Å². The highest BCUT2D eigenvalue weighted by Crippen LogP contribution is 2.40. The van der Waals surface area contributed by atoms with E-state index < -0.39 is 11.4 Å². The van der Waals surface area contributed by atoms with Crippen LogP contribution in [0.1, 0.15) is 91.8 Å². The molecule has 0 aliphatic rings. The number of carbonyl (C=O) groups excluding carboxylic acids is 2. The van der Waals surface area contributed by atoms with Crippen LogP contribution >= 0.6 is 0 Å². The van der Waals surface area contributed by atoms with Gasteiger partial charge in [0.05, 0.1) is 11.7 Å². The van der Waals surface area contributed by atoms with Crippen molar-refractivity contribution < 1.29 is 24.5 Å². The van der Waals surface area contributed by atoms with Gasteiger partial charge in [-0.1, -0.05) is 52.8 Å². The van der Waals surface area contributed by atoms with Crippen LogP contribution in [0.4, 0.5) is 0 Å². The molecule has 0 saturated heterocycles. The summed E-state index contributed by atoms with van der Waals surface area (Å²) in [6.45, 7) is 13.2. The second-order valence-corrected chi connectivity index (χ2v) is 9.22. The monoisotopic (exact) mass is 424 g/mol. The molecule has 0 aromatic heterocycles. The SMILES string of the molecule is CC(C)OC(=O)c1c(O)c(C(C)(C)C)cc(C=CC(=O)c2ccccc2O)c1C(C)C. The minimum absolute atomic E-state index is 0.0916. The van der Waals surface area contributed by atoms with Crippen molar-refractivity contribution in [3.63, 3.8) is 0 Å². The van der Waals surface area contributed by atoms with Crippen molar-refractivity contribution >= 4 is 17.8 Å². The number of rotatable bonds is 6. The maximum atomic E-state index is 12.9. The lowest BCUT2D eigenvalue weighted by Gasteiger charge is -2.26. The van der Waals surface area contributed by atoms with E-state index in [1.54, 1.807) is 38.1 Å². The van der Waals surface area contributed by atoms with Crippen molar-refractivity contribution in [3.05, 3.63) is 64.2 Å². The number of carbonyl (C=O) groups is 2. The number of phenolic OH excluding ortho intramolecular Hbond substituents is 2. The summed E-state index contributed by atoms with van der Waals surface area (Å²) in [5, 5.41) is 21.0. The molecule has 2 aromatic carbocycles. The third kappa shape index (κ3) is 5.54. The van der Waals surface area contributed by atoms with E-state index >= 15 is 0 Å². The van der Waals surface area contributed by atoms with E-state index in [4.69, 9.17) is 4.74 Å². The summed E-state index contributed by atoms with van der Waals surface area (Å²) in [5.41, 5.74) is 1.72. The molecule has 2 aromatic rings. The first-order valence-corrected chi connectivity index (χ1v) is 10.5. The molecule has 0 aliphatic heterocycles. The molecule has 31 heavy (non-hydrogen) atoms. The Morgan fingerprint density at radius 3 is 2.16 bits per heavy atom. The molecule has 5 nitrogen and oxygen atoms in total. The number of benzene rings is 2. The quantitative estimate of drug-likeness (QED) is 0.338. The van der Waals surface area contributed by atoms with Gasteiger partial charge in [-0.25, -0.2) is 4.79 Å². The average molecular weight is 425 g/mol. The predicted octanol–water partition coefficient (Wildman–Crippen LogP) is 5.98. The summed E-state index contributed by atoms with van der Waals surface area (Å²) in [4.78, 5) is 25.6. The van der Waals surface area contributed by atoms with Crippen LogP contribution in [0.15, 0.2) is 36.4 Å². The first kappa shape index (κ1) is 24.2. The molecule has 2 N–H and O–H groups in total. The van der Waals surface area contributed by atoms with Crippen molar-refractivity contribution in [2.24, 2.45) is 0 Å². The first-order valence-electron chi connectivity index (χ1n) is 10.5. The Labute approximate surface area is 184 Å². The van der Waals surface area contributed by atoms with Crippen molar-refractivity contribution in [1.29, 1.82) is 0 Å². The number of aromatic hydroxyl groups is 2. The van der Waals surface area contributed by atoms with Crippen LogP contribution in [0.25, 0.3) is 6.08 Å². The maximum Gasteiger partial charge on any atom is 0.342 e. The Bertz CT molecular complexity index is 1010. The zero-order valence-corrected chi connectivity index (χ0v) is 19.3. The van der Waals surface area contributed by atoms with E-state index in [2.05, 4.69) is 0 Å². The van der Waals surface area contributed by atoms with E-state index in [-0.39, 0.29) is 40.4 Å². The Kier molecular flexibility index (Phi) is 7.32. The van der Waals surface area contributed by atoms with E-state index in [0.717, 1.165) is 0 Å². The molecule has 0 atom stereocenters. The van der Waals surface area contributed by atoms with Gasteiger partial charge in [0.25, 0.3) is 0 Å². The minimum Gasteiger partial charge on any atom is -0.507 e. The Hall–Kier alpha value is -3.08. The van der Waals surface area contributed by atoms with Crippen LogP contribution in [-0.4, -0.2) is 28.1 Å². The van der Waals surface area contributed by atoms with Gasteiger partial charge >= 0.3 is 5.97 Å². The number of hydrogen-bond donors (Lipinski definition) is 2. The fourth-order valence-corrected chi connectivity index (χ4v) is 3.46. The molecule has 2 rings (SSSR count). The van der Waals surface area contributed by atoms with Gasteiger partial charge < -0.3 is 14.9 Å². The van der Waals surface area contributed by atoms with Gasteiger partial charge in [0.2, 0.25) is 0 Å². The number of ether oxygens (including phenoxy) is 1. The van der Waals surface area contributed by atoms with E-state index in [1.807, 2.05) is 40.7 Å². The normalized spacial score (nSPS) is 12.0. The van der Waals surface area contributed by atoms with Crippen molar-refractivity contribution in [2.45, 2.75) is 65.9 Å². The highest BCUT2D eigenvalue weighted by molar-refractivity contribution is 6.09. The van der Waals surface area contributed by atoms with Gasteiger partial charge in [0, 0.05) is 5.56 Å². The van der Waals surface area contributed by atoms with Crippen LogP contribution in [-0.2, 0) is 10.2 Å². The summed E-state index contributed by atoms with van der Waals surface area (Å²) in [6, 6.07) is 8.14. The average Bonchev–Trinajstić information content (AvgIpc) is 2.64. The second kappa shape index (κ2) is 9.38. The highest BCUT2D eigenvalue weighted by Gasteiger charge is 2.30. The Morgan fingerprint density at radius 2 is 1.65 bits per heavy atom. The number of para-hydroxylation sites is 1. The third-order valence-corrected chi connectivity index (χ3v) is 4.89. The summed E-state index contributed by atoms with van der Waals surface area (Å²) in [6.07, 6.45) is 2.66. The second-order valence-electron chi connectivity index (χ2n) is 9.22. The number of hydrogen-bond acceptors (Lipinski definition) is 5. The summed E-state index contributed by atoms with van der Waals surface area (Å²) in [7, 11) is 0. The molecule has 0 aliphatic carbocycles. The largest absolute Gasteiger partial charge is 0.507 e. The molecule has 0 saturated carbocycles. The fourth-order valence-electron chi connectivity index (χ4n) is 3.46. The molecule has 0 unspecified atom stereocenters. The molecule has 0 fully saturated rings. The number of esters is 1. The Balaban J connectivity index is 2.71. The smallest absolute Gasteiger partial charge is 0.342 e.